The molecule has 5 heteroatoms. The van der Waals surface area contributed by atoms with Gasteiger partial charge in [-0.2, -0.15) is 0 Å². The topological polar surface area (TPSA) is 50.3 Å². The van der Waals surface area contributed by atoms with Gasteiger partial charge in [-0.3, -0.25) is 9.59 Å². The summed E-state index contributed by atoms with van der Waals surface area (Å²) in [7, 11) is 0. The lowest BCUT2D eigenvalue weighted by atomic mass is 10.3. The standard InChI is InChI=1S/C10H12N2O2S/c1-7-9(15-6-11-7)3-5-12-4-2-8(13)10(12)14/h6H,2-5H2,1H3. The largest absolute Gasteiger partial charge is 0.335 e. The predicted octanol–water partition coefficient (Wildman–Crippen LogP) is 0.795. The molecule has 1 amide bonds. The number of aryl methyl sites for hydroxylation is 1. The summed E-state index contributed by atoms with van der Waals surface area (Å²) in [6.07, 6.45) is 1.18. The molecular formula is C10H12N2O2S. The SMILES string of the molecule is Cc1ncsc1CCN1CCC(=O)C1=O. The molecule has 15 heavy (non-hydrogen) atoms. The van der Waals surface area contributed by atoms with Crippen molar-refractivity contribution >= 4 is 23.0 Å². The minimum Gasteiger partial charge on any atom is -0.335 e. The third-order valence-electron chi connectivity index (χ3n) is 2.59. The summed E-state index contributed by atoms with van der Waals surface area (Å²) in [4.78, 5) is 29.3. The van der Waals surface area contributed by atoms with Crippen molar-refractivity contribution in [3.63, 3.8) is 0 Å². The fourth-order valence-electron chi connectivity index (χ4n) is 1.64. The van der Waals surface area contributed by atoms with Crippen molar-refractivity contribution in [2.24, 2.45) is 0 Å². The van der Waals surface area contributed by atoms with E-state index < -0.39 is 0 Å². The van der Waals surface area contributed by atoms with Crippen molar-refractivity contribution in [1.29, 1.82) is 0 Å². The molecule has 4 nitrogen and oxygen atoms in total. The number of thiazole rings is 1. The second-order valence-corrected chi connectivity index (χ2v) is 4.52. The van der Waals surface area contributed by atoms with Gasteiger partial charge in [-0.05, 0) is 6.92 Å². The second-order valence-electron chi connectivity index (χ2n) is 3.58. The fraction of sp³-hybridized carbons (Fsp3) is 0.500. The van der Waals surface area contributed by atoms with Crippen molar-refractivity contribution in [2.45, 2.75) is 19.8 Å². The molecule has 1 saturated heterocycles. The zero-order chi connectivity index (χ0) is 10.8. The normalized spacial score (nSPS) is 16.5. The number of amides is 1. The van der Waals surface area contributed by atoms with Crippen LogP contribution >= 0.6 is 11.3 Å². The van der Waals surface area contributed by atoms with Gasteiger partial charge in [-0.25, -0.2) is 4.98 Å². The van der Waals surface area contributed by atoms with Gasteiger partial charge in [0.25, 0.3) is 5.91 Å². The number of hydrogen-bond donors (Lipinski definition) is 0. The van der Waals surface area contributed by atoms with Crippen molar-refractivity contribution in [3.8, 4) is 0 Å². The lowest BCUT2D eigenvalue weighted by molar-refractivity contribution is -0.139. The molecule has 2 rings (SSSR count). The van der Waals surface area contributed by atoms with Crippen LogP contribution < -0.4 is 0 Å². The van der Waals surface area contributed by atoms with Crippen LogP contribution in [0.2, 0.25) is 0 Å². The third kappa shape index (κ3) is 2.07. The number of likely N-dealkylation sites (tertiary alicyclic amines) is 1. The Morgan fingerprint density at radius 2 is 2.33 bits per heavy atom. The van der Waals surface area contributed by atoms with E-state index in [0.29, 0.717) is 19.5 Å². The van der Waals surface area contributed by atoms with Crippen molar-refractivity contribution in [1.82, 2.24) is 9.88 Å². The average molecular weight is 224 g/mol. The van der Waals surface area contributed by atoms with Crippen LogP contribution in [0, 0.1) is 6.92 Å². The number of Topliss-reactive ketones (excluding diaryl/α,β-unsaturated/α-hetero) is 1. The minimum absolute atomic E-state index is 0.254. The molecule has 1 aliphatic rings. The van der Waals surface area contributed by atoms with E-state index in [1.807, 2.05) is 12.4 Å². The Kier molecular flexibility index (Phi) is 2.81. The Labute approximate surface area is 91.9 Å². The van der Waals surface area contributed by atoms with Crippen LogP contribution in [0.25, 0.3) is 0 Å². The molecule has 0 N–H and O–H groups in total. The van der Waals surface area contributed by atoms with Crippen molar-refractivity contribution in [2.75, 3.05) is 13.1 Å². The van der Waals surface area contributed by atoms with Crippen LogP contribution in [0.4, 0.5) is 0 Å². The number of nitrogens with zero attached hydrogens (tertiary/aromatic N) is 2. The smallest absolute Gasteiger partial charge is 0.290 e. The van der Waals surface area contributed by atoms with Gasteiger partial charge in [0.1, 0.15) is 0 Å². The molecule has 0 atom stereocenters. The molecule has 1 aliphatic heterocycles. The van der Waals surface area contributed by atoms with E-state index in [-0.39, 0.29) is 11.7 Å². The molecule has 1 aromatic heterocycles. The first-order valence-electron chi connectivity index (χ1n) is 4.89. The Morgan fingerprint density at radius 1 is 1.53 bits per heavy atom. The molecule has 1 fully saturated rings. The zero-order valence-corrected chi connectivity index (χ0v) is 9.34. The van der Waals surface area contributed by atoms with Crippen molar-refractivity contribution < 1.29 is 9.59 Å². The van der Waals surface area contributed by atoms with Gasteiger partial charge in [0, 0.05) is 30.8 Å². The number of carbonyl (C=O) groups excluding carboxylic acids is 2. The van der Waals surface area contributed by atoms with Crippen molar-refractivity contribution in [3.05, 3.63) is 16.1 Å². The second kappa shape index (κ2) is 4.10. The highest BCUT2D eigenvalue weighted by Gasteiger charge is 2.28. The van der Waals surface area contributed by atoms with E-state index >= 15 is 0 Å². The van der Waals surface area contributed by atoms with Gasteiger partial charge in [0.05, 0.1) is 11.2 Å². The lowest BCUT2D eigenvalue weighted by Crippen LogP contribution is -2.29. The number of ketones is 1. The summed E-state index contributed by atoms with van der Waals surface area (Å²) in [6.45, 7) is 3.17. The highest BCUT2D eigenvalue weighted by Crippen LogP contribution is 2.14. The molecule has 0 radical (unpaired) electrons. The molecule has 80 valence electrons. The van der Waals surface area contributed by atoms with E-state index in [4.69, 9.17) is 0 Å². The molecule has 0 bridgehead atoms. The number of hydrogen-bond acceptors (Lipinski definition) is 4. The lowest BCUT2D eigenvalue weighted by Gasteiger charge is -2.13. The highest BCUT2D eigenvalue weighted by atomic mass is 32.1. The highest BCUT2D eigenvalue weighted by molar-refractivity contribution is 7.09. The first-order valence-corrected chi connectivity index (χ1v) is 5.77. The van der Waals surface area contributed by atoms with Gasteiger partial charge in [-0.15, -0.1) is 11.3 Å². The van der Waals surface area contributed by atoms with E-state index in [9.17, 15) is 9.59 Å². The summed E-state index contributed by atoms with van der Waals surface area (Å²) in [6, 6.07) is 0. The molecule has 0 aromatic carbocycles. The monoisotopic (exact) mass is 224 g/mol. The quantitative estimate of drug-likeness (QED) is 0.713. The van der Waals surface area contributed by atoms with Crippen LogP contribution in [0.1, 0.15) is 17.0 Å². The zero-order valence-electron chi connectivity index (χ0n) is 8.52. The average Bonchev–Trinajstić information content (AvgIpc) is 2.74. The van der Waals surface area contributed by atoms with Crippen LogP contribution in [-0.4, -0.2) is 34.7 Å². The van der Waals surface area contributed by atoms with Crippen LogP contribution in [-0.2, 0) is 16.0 Å². The molecule has 2 heterocycles. The molecule has 0 saturated carbocycles. The van der Waals surface area contributed by atoms with E-state index in [1.165, 1.54) is 4.88 Å². The third-order valence-corrected chi connectivity index (χ3v) is 3.58. The van der Waals surface area contributed by atoms with Gasteiger partial charge in [0.15, 0.2) is 0 Å². The van der Waals surface area contributed by atoms with Gasteiger partial charge in [-0.1, -0.05) is 0 Å². The molecule has 1 aromatic rings. The van der Waals surface area contributed by atoms with E-state index in [0.717, 1.165) is 12.1 Å². The Bertz CT molecular complexity index is 400. The Balaban J connectivity index is 1.92. The number of rotatable bonds is 3. The maximum absolute atomic E-state index is 11.3. The summed E-state index contributed by atoms with van der Waals surface area (Å²) in [5.74, 6) is -0.576. The maximum atomic E-state index is 11.3. The number of carbonyl (C=O) groups is 2. The van der Waals surface area contributed by atoms with Crippen LogP contribution in [0.3, 0.4) is 0 Å². The Morgan fingerprint density at radius 3 is 2.87 bits per heavy atom. The van der Waals surface area contributed by atoms with Gasteiger partial charge >= 0.3 is 0 Å². The van der Waals surface area contributed by atoms with Crippen LogP contribution in [0.15, 0.2) is 5.51 Å². The van der Waals surface area contributed by atoms with Crippen LogP contribution in [0.5, 0.6) is 0 Å². The summed E-state index contributed by atoms with van der Waals surface area (Å²) in [5.41, 5.74) is 2.83. The Hall–Kier alpha value is -1.23. The first-order chi connectivity index (χ1) is 7.18. The van der Waals surface area contributed by atoms with Gasteiger partial charge in [0.2, 0.25) is 5.78 Å². The summed E-state index contributed by atoms with van der Waals surface area (Å²) < 4.78 is 0. The maximum Gasteiger partial charge on any atom is 0.290 e. The summed E-state index contributed by atoms with van der Waals surface area (Å²) in [5, 5.41) is 0. The molecular weight excluding hydrogens is 212 g/mol. The van der Waals surface area contributed by atoms with E-state index in [2.05, 4.69) is 4.98 Å². The molecule has 0 spiro atoms. The fourth-order valence-corrected chi connectivity index (χ4v) is 2.41. The molecule has 0 unspecified atom stereocenters. The first kappa shape index (κ1) is 10.3. The van der Waals surface area contributed by atoms with Gasteiger partial charge < -0.3 is 4.90 Å². The predicted molar refractivity (Wildman–Crippen MR) is 56.8 cm³/mol. The minimum atomic E-state index is -0.322. The van der Waals surface area contributed by atoms with E-state index in [1.54, 1.807) is 16.2 Å². The summed E-state index contributed by atoms with van der Waals surface area (Å²) >= 11 is 1.60. The number of aromatic nitrogens is 1. The molecule has 0 aliphatic carbocycles.